The number of hydrogen-bond donors (Lipinski definition) is 1. The molecule has 0 aliphatic rings. The lowest BCUT2D eigenvalue weighted by molar-refractivity contribution is -0.141. The maximum atomic E-state index is 13.9. The highest BCUT2D eigenvalue weighted by atomic mass is 32.2. The number of benzene rings is 3. The lowest BCUT2D eigenvalue weighted by Gasteiger charge is -2.32. The van der Waals surface area contributed by atoms with Gasteiger partial charge in [0.2, 0.25) is 21.8 Å². The first-order valence-corrected chi connectivity index (χ1v) is 16.2. The fraction of sp³-hybridized carbons (Fsp3) is 0.394. The number of nitrogens with zero attached hydrogens (tertiary/aromatic N) is 2. The zero-order valence-corrected chi connectivity index (χ0v) is 26.1. The molecule has 3 aromatic carbocycles. The Balaban J connectivity index is 1.87. The summed E-state index contributed by atoms with van der Waals surface area (Å²) in [5.41, 5.74) is 3.47. The molecule has 8 nitrogen and oxygen atoms in total. The van der Waals surface area contributed by atoms with Crippen LogP contribution in [0.1, 0.15) is 49.8 Å². The number of rotatable bonds is 15. The third kappa shape index (κ3) is 9.62. The Bertz CT molecular complexity index is 1390. The Morgan fingerprint density at radius 2 is 1.57 bits per heavy atom. The summed E-state index contributed by atoms with van der Waals surface area (Å²) in [6.45, 7) is 6.34. The monoisotopic (exact) mass is 593 g/mol. The normalized spacial score (nSPS) is 12.7. The van der Waals surface area contributed by atoms with E-state index in [1.54, 1.807) is 36.3 Å². The van der Waals surface area contributed by atoms with Gasteiger partial charge in [-0.2, -0.15) is 0 Å². The molecule has 0 radical (unpaired) electrons. The molecular weight excluding hydrogens is 550 g/mol. The number of methoxy groups -OCH3 is 1. The summed E-state index contributed by atoms with van der Waals surface area (Å²) in [6.07, 6.45) is 2.64. The number of anilines is 1. The lowest BCUT2D eigenvalue weighted by Crippen LogP contribution is -2.52. The van der Waals surface area contributed by atoms with Gasteiger partial charge in [-0.25, -0.2) is 8.42 Å². The van der Waals surface area contributed by atoms with Crippen molar-refractivity contribution in [1.82, 2.24) is 10.2 Å². The van der Waals surface area contributed by atoms with Gasteiger partial charge >= 0.3 is 0 Å². The lowest BCUT2D eigenvalue weighted by atomic mass is 10.0. The fourth-order valence-corrected chi connectivity index (χ4v) is 5.60. The van der Waals surface area contributed by atoms with E-state index in [-0.39, 0.29) is 43.8 Å². The molecule has 0 heterocycles. The topological polar surface area (TPSA) is 96.0 Å². The molecule has 0 spiro atoms. The number of hydrogen-bond acceptors (Lipinski definition) is 5. The van der Waals surface area contributed by atoms with Crippen LogP contribution in [0, 0.1) is 6.92 Å². The molecule has 2 atom stereocenters. The van der Waals surface area contributed by atoms with Crippen molar-refractivity contribution < 1.29 is 22.7 Å². The molecule has 226 valence electrons. The molecule has 1 N–H and O–H groups in total. The maximum absolute atomic E-state index is 13.9. The maximum Gasteiger partial charge on any atom is 0.243 e. The number of amides is 2. The molecule has 3 rings (SSSR count). The van der Waals surface area contributed by atoms with Crippen LogP contribution in [-0.4, -0.2) is 57.1 Å². The van der Waals surface area contributed by atoms with E-state index in [4.69, 9.17) is 4.74 Å². The summed E-state index contributed by atoms with van der Waals surface area (Å²) in [4.78, 5) is 29.2. The zero-order valence-electron chi connectivity index (χ0n) is 25.2. The van der Waals surface area contributed by atoms with Gasteiger partial charge in [0.25, 0.3) is 0 Å². The predicted octanol–water partition coefficient (Wildman–Crippen LogP) is 5.10. The smallest absolute Gasteiger partial charge is 0.243 e. The van der Waals surface area contributed by atoms with Crippen LogP contribution in [-0.2, 0) is 32.6 Å². The number of nitrogens with one attached hydrogen (secondary N) is 1. The van der Waals surface area contributed by atoms with Gasteiger partial charge in [-0.15, -0.1) is 0 Å². The molecule has 2 amide bonds. The van der Waals surface area contributed by atoms with Crippen molar-refractivity contribution in [3.63, 3.8) is 0 Å². The first kappa shape index (κ1) is 32.7. The number of sulfonamides is 1. The van der Waals surface area contributed by atoms with Crippen molar-refractivity contribution >= 4 is 27.5 Å². The second-order valence-electron chi connectivity index (χ2n) is 10.7. The Labute approximate surface area is 250 Å². The van der Waals surface area contributed by atoms with E-state index in [1.807, 2.05) is 75.4 Å². The summed E-state index contributed by atoms with van der Waals surface area (Å²) in [6, 6.07) is 23.6. The van der Waals surface area contributed by atoms with Gasteiger partial charge in [0.1, 0.15) is 11.8 Å². The highest BCUT2D eigenvalue weighted by Crippen LogP contribution is 2.23. The van der Waals surface area contributed by atoms with Crippen LogP contribution in [0.5, 0.6) is 5.75 Å². The molecule has 0 unspecified atom stereocenters. The minimum atomic E-state index is -3.59. The van der Waals surface area contributed by atoms with Gasteiger partial charge in [-0.05, 0) is 62.1 Å². The van der Waals surface area contributed by atoms with E-state index in [0.717, 1.165) is 29.4 Å². The molecule has 0 saturated carbocycles. The van der Waals surface area contributed by atoms with E-state index < -0.39 is 16.1 Å². The molecule has 9 heteroatoms. The van der Waals surface area contributed by atoms with E-state index in [9.17, 15) is 18.0 Å². The zero-order chi connectivity index (χ0) is 30.7. The number of aryl methyl sites for hydroxylation is 1. The Hall–Kier alpha value is -3.85. The fourth-order valence-electron chi connectivity index (χ4n) is 4.64. The molecule has 0 aromatic heterocycles. The van der Waals surface area contributed by atoms with Crippen LogP contribution in [0.15, 0.2) is 78.9 Å². The van der Waals surface area contributed by atoms with Crippen molar-refractivity contribution in [3.8, 4) is 5.75 Å². The average molecular weight is 594 g/mol. The van der Waals surface area contributed by atoms with Gasteiger partial charge in [0, 0.05) is 32.0 Å². The third-order valence-corrected chi connectivity index (χ3v) is 8.45. The van der Waals surface area contributed by atoms with Crippen molar-refractivity contribution in [3.05, 3.63) is 95.6 Å². The van der Waals surface area contributed by atoms with E-state index >= 15 is 0 Å². The first-order chi connectivity index (χ1) is 20.0. The van der Waals surface area contributed by atoms with Crippen molar-refractivity contribution in [2.75, 3.05) is 24.2 Å². The molecule has 0 bridgehead atoms. The molecule has 0 aliphatic heterocycles. The van der Waals surface area contributed by atoms with Gasteiger partial charge in [0.15, 0.2) is 0 Å². The third-order valence-electron chi connectivity index (χ3n) is 7.26. The molecule has 0 saturated heterocycles. The van der Waals surface area contributed by atoms with Crippen molar-refractivity contribution in [2.24, 2.45) is 0 Å². The molecule has 0 fully saturated rings. The van der Waals surface area contributed by atoms with Crippen LogP contribution in [0.25, 0.3) is 0 Å². The minimum Gasteiger partial charge on any atom is -0.497 e. The summed E-state index contributed by atoms with van der Waals surface area (Å²) >= 11 is 0. The van der Waals surface area contributed by atoms with Gasteiger partial charge in [-0.3, -0.25) is 13.9 Å². The van der Waals surface area contributed by atoms with Gasteiger partial charge in [-0.1, -0.05) is 67.1 Å². The van der Waals surface area contributed by atoms with Gasteiger partial charge < -0.3 is 15.0 Å². The van der Waals surface area contributed by atoms with Crippen molar-refractivity contribution in [1.29, 1.82) is 0 Å². The standard InChI is InChI=1S/C33H43N3O5S/c1-6-26(3)34-33(38)31(23-27-11-8-7-9-12-27)35(24-28-16-14-25(2)15-17-28)32(37)13-10-22-36(42(5,39)40)29-18-20-30(41-4)21-19-29/h7-9,11-12,14-21,26,31H,6,10,13,22-24H2,1-5H3,(H,34,38)/t26-,31-/m1/s1. The Morgan fingerprint density at radius 1 is 0.929 bits per heavy atom. The first-order valence-electron chi connectivity index (χ1n) is 14.3. The Kier molecular flexibility index (Phi) is 12.0. The highest BCUT2D eigenvalue weighted by Gasteiger charge is 2.31. The second kappa shape index (κ2) is 15.4. The number of carbonyl (C=O) groups excluding carboxylic acids is 2. The predicted molar refractivity (Wildman–Crippen MR) is 168 cm³/mol. The van der Waals surface area contributed by atoms with Crippen molar-refractivity contribution in [2.45, 2.75) is 65.1 Å². The molecule has 42 heavy (non-hydrogen) atoms. The summed E-state index contributed by atoms with van der Waals surface area (Å²) in [5, 5.41) is 3.07. The second-order valence-corrected chi connectivity index (χ2v) is 12.6. The van der Waals surface area contributed by atoms with Gasteiger partial charge in [0.05, 0.1) is 19.1 Å². The quantitative estimate of drug-likeness (QED) is 0.264. The summed E-state index contributed by atoms with van der Waals surface area (Å²) in [7, 11) is -2.04. The molecule has 0 aliphatic carbocycles. The average Bonchev–Trinajstić information content (AvgIpc) is 2.97. The number of ether oxygens (including phenoxy) is 1. The van der Waals surface area contributed by atoms with Crippen LogP contribution >= 0.6 is 0 Å². The van der Waals surface area contributed by atoms with Crippen LogP contribution in [0.3, 0.4) is 0 Å². The Morgan fingerprint density at radius 3 is 2.14 bits per heavy atom. The molecular formula is C33H43N3O5S. The molecule has 3 aromatic rings. The van der Waals surface area contributed by atoms with Crippen LogP contribution < -0.4 is 14.4 Å². The minimum absolute atomic E-state index is 0.0417. The van der Waals surface area contributed by atoms with E-state index in [1.165, 1.54) is 4.31 Å². The SMILES string of the molecule is CC[C@@H](C)NC(=O)[C@@H](Cc1ccccc1)N(Cc1ccc(C)cc1)C(=O)CCCN(c1ccc(OC)cc1)S(C)(=O)=O. The van der Waals surface area contributed by atoms with Crippen LogP contribution in [0.4, 0.5) is 5.69 Å². The van der Waals surface area contributed by atoms with E-state index in [2.05, 4.69) is 5.32 Å². The summed E-state index contributed by atoms with van der Waals surface area (Å²) in [5.74, 6) is 0.206. The largest absolute Gasteiger partial charge is 0.497 e. The number of carbonyl (C=O) groups is 2. The highest BCUT2D eigenvalue weighted by molar-refractivity contribution is 7.92. The summed E-state index contributed by atoms with van der Waals surface area (Å²) < 4.78 is 31.8. The van der Waals surface area contributed by atoms with E-state index in [0.29, 0.717) is 17.9 Å². The van der Waals surface area contributed by atoms with Crippen LogP contribution in [0.2, 0.25) is 0 Å².